The van der Waals surface area contributed by atoms with E-state index >= 15 is 0 Å². The van der Waals surface area contributed by atoms with Gasteiger partial charge in [0.1, 0.15) is 0 Å². The van der Waals surface area contributed by atoms with E-state index in [9.17, 15) is 0 Å². The molecule has 2 atom stereocenters. The zero-order valence-corrected chi connectivity index (χ0v) is 32.1. The fourth-order valence-corrected chi connectivity index (χ4v) is 16.5. The van der Waals surface area contributed by atoms with Gasteiger partial charge in [0.2, 0.25) is 0 Å². The lowest BCUT2D eigenvalue weighted by Gasteiger charge is -2.38. The van der Waals surface area contributed by atoms with Gasteiger partial charge in [-0.25, -0.2) is 0 Å². The monoisotopic (exact) mass is 670 g/mol. The number of hydrogen-bond acceptors (Lipinski definition) is 1. The molecule has 1 heterocycles. The summed E-state index contributed by atoms with van der Waals surface area (Å²) >= 11 is 2.03. The Morgan fingerprint density at radius 3 is 1.51 bits per heavy atom. The lowest BCUT2D eigenvalue weighted by atomic mass is 9.66. The van der Waals surface area contributed by atoms with Gasteiger partial charge in [-0.05, 0) is 119 Å². The molecular weight excluding hydrogens is 622 g/mol. The first-order valence-corrected chi connectivity index (χ1v) is 20.6. The highest BCUT2D eigenvalue weighted by molar-refractivity contribution is 7.80. The van der Waals surface area contributed by atoms with Crippen LogP contribution < -0.4 is 26.5 Å². The number of fused-ring (bicyclic) bond motifs is 2. The highest BCUT2D eigenvalue weighted by Crippen LogP contribution is 2.76. The highest BCUT2D eigenvalue weighted by Gasteiger charge is 2.62. The van der Waals surface area contributed by atoms with Gasteiger partial charge in [-0.1, -0.05) is 140 Å². The van der Waals surface area contributed by atoms with Gasteiger partial charge in [0.15, 0.2) is 0 Å². The summed E-state index contributed by atoms with van der Waals surface area (Å²) < 4.78 is 0. The molecule has 240 valence electrons. The summed E-state index contributed by atoms with van der Waals surface area (Å²) in [7, 11) is -1.47. The van der Waals surface area contributed by atoms with E-state index in [-0.39, 0.29) is 10.8 Å². The molecule has 1 aromatic heterocycles. The number of rotatable bonds is 7. The average molecular weight is 671 g/mol. The van der Waals surface area contributed by atoms with E-state index in [2.05, 4.69) is 159 Å². The van der Waals surface area contributed by atoms with Gasteiger partial charge in [0.25, 0.3) is 0 Å². The zero-order chi connectivity index (χ0) is 33.2. The van der Waals surface area contributed by atoms with Gasteiger partial charge < -0.3 is 0 Å². The van der Waals surface area contributed by atoms with Crippen molar-refractivity contribution in [3.63, 3.8) is 0 Å². The molecule has 0 spiro atoms. The summed E-state index contributed by atoms with van der Waals surface area (Å²) in [6.45, 7) is 21.8. The lowest BCUT2D eigenvalue weighted by molar-refractivity contribution is 0.189. The molecule has 4 aromatic carbocycles. The van der Waals surface area contributed by atoms with Crippen LogP contribution in [0.2, 0.25) is 0 Å². The Kier molecular flexibility index (Phi) is 8.53. The number of aryl methyl sites for hydroxylation is 6. The Hall–Kier alpha value is -2.82. The zero-order valence-electron chi connectivity index (χ0n) is 29.5. The molecule has 7 rings (SSSR count). The first-order valence-electron chi connectivity index (χ1n) is 17.1. The topological polar surface area (TPSA) is 0 Å². The molecule has 0 radical (unpaired) electrons. The van der Waals surface area contributed by atoms with Crippen molar-refractivity contribution in [2.45, 2.75) is 75.2 Å². The summed E-state index contributed by atoms with van der Waals surface area (Å²) in [5.74, 6) is 0.558. The van der Waals surface area contributed by atoms with Crippen LogP contribution in [0.15, 0.2) is 102 Å². The quantitative estimate of drug-likeness (QED) is 0.151. The summed E-state index contributed by atoms with van der Waals surface area (Å²) in [5.41, 5.74) is 9.03. The van der Waals surface area contributed by atoms with Crippen molar-refractivity contribution in [2.75, 3.05) is 0 Å². The van der Waals surface area contributed by atoms with Crippen molar-refractivity contribution >= 4 is 59.3 Å². The van der Waals surface area contributed by atoms with Crippen LogP contribution in [0.4, 0.5) is 0 Å². The van der Waals surface area contributed by atoms with Crippen molar-refractivity contribution in [1.29, 1.82) is 0 Å². The molecule has 0 amide bonds. The summed E-state index contributed by atoms with van der Waals surface area (Å²) in [6.07, 6.45) is 2.54. The minimum atomic E-state index is -0.737. The van der Waals surface area contributed by atoms with Crippen molar-refractivity contribution in [2.24, 2.45) is 16.7 Å². The predicted molar refractivity (Wildman–Crippen MR) is 212 cm³/mol. The van der Waals surface area contributed by atoms with Crippen LogP contribution in [-0.2, 0) is 0 Å². The Bertz CT molecular complexity index is 1870. The Balaban J connectivity index is 1.60. The standard InChI is InChI=1S/C44H48P2S/c1-28-22-29(2)25-36(24-28)46(37-26-30(3)23-31(4)27-37)42-38-20-21-44(9,43(38,7)8)40(42)39-32(5)47-33(6)41(39)45(34-16-12-10-13-17-34)35-18-14-11-15-19-35/h10-19,22-27,38H,20-21H2,1-9H3/t38-,44+/m0/s1. The molecule has 2 bridgehead atoms. The second-order valence-corrected chi connectivity index (χ2v) is 20.6. The lowest BCUT2D eigenvalue weighted by Crippen LogP contribution is -2.31. The van der Waals surface area contributed by atoms with Gasteiger partial charge in [-0.3, -0.25) is 0 Å². The molecule has 0 aliphatic heterocycles. The van der Waals surface area contributed by atoms with Crippen molar-refractivity contribution in [3.05, 3.63) is 140 Å². The van der Waals surface area contributed by atoms with Gasteiger partial charge in [-0.2, -0.15) is 0 Å². The molecule has 0 nitrogen and oxygen atoms in total. The minimum absolute atomic E-state index is 0.104. The first-order chi connectivity index (χ1) is 22.4. The molecule has 3 heteroatoms. The van der Waals surface area contributed by atoms with Crippen LogP contribution in [0.5, 0.6) is 0 Å². The maximum absolute atomic E-state index is 2.63. The SMILES string of the molecule is Cc1cc(C)cc(P(C2=C(c3c(C)sc(C)c3P(c3ccccc3)c3ccccc3)[C@@]3(C)CC[C@@H]2C3(C)C)c2cc(C)cc(C)c2)c1. The van der Waals surface area contributed by atoms with Gasteiger partial charge >= 0.3 is 0 Å². The van der Waals surface area contributed by atoms with Crippen LogP contribution in [0.1, 0.15) is 71.2 Å². The van der Waals surface area contributed by atoms with E-state index in [0.717, 1.165) is 0 Å². The van der Waals surface area contributed by atoms with E-state index in [1.54, 1.807) is 21.8 Å². The van der Waals surface area contributed by atoms with Crippen LogP contribution >= 0.6 is 27.2 Å². The Morgan fingerprint density at radius 1 is 0.574 bits per heavy atom. The molecule has 1 saturated carbocycles. The van der Waals surface area contributed by atoms with Crippen molar-refractivity contribution in [1.82, 2.24) is 0 Å². The third kappa shape index (κ3) is 5.42. The number of hydrogen-bond donors (Lipinski definition) is 0. The fourth-order valence-electron chi connectivity index (χ4n) is 8.94. The van der Waals surface area contributed by atoms with Crippen LogP contribution in [0.25, 0.3) is 5.57 Å². The Morgan fingerprint density at radius 2 is 1.04 bits per heavy atom. The molecular formula is C44H48P2S. The number of thiophene rings is 1. The third-order valence-electron chi connectivity index (χ3n) is 11.3. The minimum Gasteiger partial charge on any atom is -0.145 e. The predicted octanol–water partition coefficient (Wildman–Crippen LogP) is 10.7. The van der Waals surface area contributed by atoms with Crippen LogP contribution in [-0.4, -0.2) is 0 Å². The largest absolute Gasteiger partial charge is 0.145 e. The summed E-state index contributed by atoms with van der Waals surface area (Å²) in [4.78, 5) is 2.97. The molecule has 2 aliphatic carbocycles. The summed E-state index contributed by atoms with van der Waals surface area (Å²) in [5, 5.41) is 9.26. The number of benzene rings is 4. The second-order valence-electron chi connectivity index (χ2n) is 14.9. The maximum atomic E-state index is 2.63. The molecule has 0 unspecified atom stereocenters. The smallest absolute Gasteiger partial charge is 0.0107 e. The van der Waals surface area contributed by atoms with E-state index in [4.69, 9.17) is 0 Å². The van der Waals surface area contributed by atoms with Crippen LogP contribution in [0, 0.1) is 58.3 Å². The summed E-state index contributed by atoms with van der Waals surface area (Å²) in [6, 6.07) is 37.5. The maximum Gasteiger partial charge on any atom is 0.0107 e. The molecule has 5 aromatic rings. The molecule has 2 aliphatic rings. The van der Waals surface area contributed by atoms with E-state index < -0.39 is 15.8 Å². The first kappa shape index (κ1) is 32.7. The molecule has 47 heavy (non-hydrogen) atoms. The van der Waals surface area contributed by atoms with E-state index in [1.165, 1.54) is 66.1 Å². The second kappa shape index (κ2) is 12.3. The van der Waals surface area contributed by atoms with E-state index in [0.29, 0.717) is 5.92 Å². The molecule has 0 saturated heterocycles. The van der Waals surface area contributed by atoms with E-state index in [1.807, 2.05) is 11.3 Å². The highest BCUT2D eigenvalue weighted by atomic mass is 32.1. The number of allylic oxidation sites excluding steroid dienone is 2. The average Bonchev–Trinajstić information content (AvgIpc) is 3.49. The normalized spacial score (nSPS) is 20.2. The molecule has 0 N–H and O–H groups in total. The Labute approximate surface area is 289 Å². The fraction of sp³-hybridized carbons (Fsp3) is 0.318. The van der Waals surface area contributed by atoms with Crippen LogP contribution in [0.3, 0.4) is 0 Å². The van der Waals surface area contributed by atoms with Crippen molar-refractivity contribution < 1.29 is 0 Å². The third-order valence-corrected chi connectivity index (χ3v) is 17.6. The van der Waals surface area contributed by atoms with Crippen molar-refractivity contribution in [3.8, 4) is 0 Å². The van der Waals surface area contributed by atoms with Gasteiger partial charge in [-0.15, -0.1) is 11.3 Å². The van der Waals surface area contributed by atoms with Gasteiger partial charge in [0.05, 0.1) is 0 Å². The van der Waals surface area contributed by atoms with Gasteiger partial charge in [0, 0.05) is 20.6 Å². The molecule has 1 fully saturated rings.